The highest BCUT2D eigenvalue weighted by Gasteiger charge is 2.11. The van der Waals surface area contributed by atoms with Gasteiger partial charge >= 0.3 is 0 Å². The molecule has 0 saturated heterocycles. The molecule has 0 bridgehead atoms. The maximum atomic E-state index is 2.32. The molecule has 0 amide bonds. The Morgan fingerprint density at radius 1 is 0.281 bits per heavy atom. The SMILES string of the molecule is c1ccc(-c2ccc(-c3c4ccccc4cc4cc(-c5ccccc5)ccc34)cc2)cc1. The molecule has 0 nitrogen and oxygen atoms in total. The van der Waals surface area contributed by atoms with E-state index in [0.717, 1.165) is 0 Å². The zero-order valence-electron chi connectivity index (χ0n) is 17.7. The fourth-order valence-corrected chi connectivity index (χ4v) is 4.65. The number of benzene rings is 6. The molecule has 0 aliphatic carbocycles. The van der Waals surface area contributed by atoms with Gasteiger partial charge in [0.05, 0.1) is 0 Å². The van der Waals surface area contributed by atoms with Crippen molar-refractivity contribution in [3.63, 3.8) is 0 Å². The highest BCUT2D eigenvalue weighted by Crippen LogP contribution is 2.38. The quantitative estimate of drug-likeness (QED) is 0.257. The summed E-state index contributed by atoms with van der Waals surface area (Å²) in [5.41, 5.74) is 7.53. The molecule has 6 aromatic carbocycles. The van der Waals surface area contributed by atoms with E-state index in [-0.39, 0.29) is 0 Å². The number of fused-ring (bicyclic) bond motifs is 2. The lowest BCUT2D eigenvalue weighted by Gasteiger charge is -2.14. The van der Waals surface area contributed by atoms with Crippen LogP contribution in [0.3, 0.4) is 0 Å². The summed E-state index contributed by atoms with van der Waals surface area (Å²) in [5, 5.41) is 5.12. The molecule has 0 fully saturated rings. The minimum Gasteiger partial charge on any atom is -0.0622 e. The second-order valence-corrected chi connectivity index (χ2v) is 8.22. The lowest BCUT2D eigenvalue weighted by molar-refractivity contribution is 1.61. The number of rotatable bonds is 3. The zero-order chi connectivity index (χ0) is 21.3. The Labute approximate surface area is 188 Å². The summed E-state index contributed by atoms with van der Waals surface area (Å²) in [7, 11) is 0. The summed E-state index contributed by atoms with van der Waals surface area (Å²) < 4.78 is 0. The maximum absolute atomic E-state index is 2.32. The van der Waals surface area contributed by atoms with Crippen molar-refractivity contribution in [1.29, 1.82) is 0 Å². The van der Waals surface area contributed by atoms with E-state index >= 15 is 0 Å². The topological polar surface area (TPSA) is 0 Å². The van der Waals surface area contributed by atoms with E-state index in [4.69, 9.17) is 0 Å². The van der Waals surface area contributed by atoms with Crippen LogP contribution in [0.25, 0.3) is 54.9 Å². The van der Waals surface area contributed by atoms with Crippen LogP contribution in [0, 0.1) is 0 Å². The Bertz CT molecular complexity index is 1530. The van der Waals surface area contributed by atoms with Crippen LogP contribution in [0.5, 0.6) is 0 Å². The molecule has 0 aliphatic heterocycles. The third-order valence-corrected chi connectivity index (χ3v) is 6.25. The molecule has 0 unspecified atom stereocenters. The maximum Gasteiger partial charge on any atom is -0.00268 e. The summed E-state index contributed by atoms with van der Waals surface area (Å²) in [4.78, 5) is 0. The Kier molecular flexibility index (Phi) is 4.55. The number of hydrogen-bond donors (Lipinski definition) is 0. The molecular weight excluding hydrogens is 384 g/mol. The van der Waals surface area contributed by atoms with Gasteiger partial charge in [0.1, 0.15) is 0 Å². The monoisotopic (exact) mass is 406 g/mol. The van der Waals surface area contributed by atoms with Crippen molar-refractivity contribution >= 4 is 21.5 Å². The highest BCUT2D eigenvalue weighted by atomic mass is 14.1. The smallest absolute Gasteiger partial charge is 0.00268 e. The first-order valence-corrected chi connectivity index (χ1v) is 11.0. The number of hydrogen-bond acceptors (Lipinski definition) is 0. The normalized spacial score (nSPS) is 11.1. The van der Waals surface area contributed by atoms with Crippen molar-refractivity contribution in [3.8, 4) is 33.4 Å². The predicted octanol–water partition coefficient (Wildman–Crippen LogP) is 8.99. The molecule has 32 heavy (non-hydrogen) atoms. The van der Waals surface area contributed by atoms with Crippen LogP contribution in [-0.2, 0) is 0 Å². The summed E-state index contributed by atoms with van der Waals surface area (Å²) in [6.45, 7) is 0. The van der Waals surface area contributed by atoms with Crippen molar-refractivity contribution in [2.75, 3.05) is 0 Å². The lowest BCUT2D eigenvalue weighted by atomic mass is 9.90. The molecule has 0 heteroatoms. The average Bonchev–Trinajstić information content (AvgIpc) is 2.88. The van der Waals surface area contributed by atoms with E-state index in [1.807, 2.05) is 0 Å². The molecule has 6 aromatic rings. The van der Waals surface area contributed by atoms with Gasteiger partial charge in [-0.1, -0.05) is 121 Å². The van der Waals surface area contributed by atoms with Gasteiger partial charge in [0.15, 0.2) is 0 Å². The molecule has 6 rings (SSSR count). The van der Waals surface area contributed by atoms with Gasteiger partial charge in [-0.25, -0.2) is 0 Å². The van der Waals surface area contributed by atoms with Gasteiger partial charge in [0.2, 0.25) is 0 Å². The molecule has 0 heterocycles. The van der Waals surface area contributed by atoms with Gasteiger partial charge in [-0.2, -0.15) is 0 Å². The fourth-order valence-electron chi connectivity index (χ4n) is 4.65. The van der Waals surface area contributed by atoms with Crippen LogP contribution in [0.1, 0.15) is 0 Å². The van der Waals surface area contributed by atoms with E-state index in [1.54, 1.807) is 0 Å². The zero-order valence-corrected chi connectivity index (χ0v) is 17.7. The second-order valence-electron chi connectivity index (χ2n) is 8.22. The standard InChI is InChI=1S/C32H22/c1-3-9-23(10-4-1)25-15-17-26(18-16-25)32-30-14-8-7-13-28(30)22-29-21-27(19-20-31(29)32)24-11-5-2-6-12-24/h1-22H. The molecule has 0 radical (unpaired) electrons. The summed E-state index contributed by atoms with van der Waals surface area (Å²) >= 11 is 0. The van der Waals surface area contributed by atoms with E-state index in [1.165, 1.54) is 54.9 Å². The lowest BCUT2D eigenvalue weighted by Crippen LogP contribution is -1.87. The molecule has 0 spiro atoms. The van der Waals surface area contributed by atoms with Crippen LogP contribution in [-0.4, -0.2) is 0 Å². The van der Waals surface area contributed by atoms with Gasteiger partial charge in [0, 0.05) is 0 Å². The van der Waals surface area contributed by atoms with Crippen molar-refractivity contribution in [3.05, 3.63) is 133 Å². The van der Waals surface area contributed by atoms with Crippen LogP contribution < -0.4 is 0 Å². The first-order chi connectivity index (χ1) is 15.9. The van der Waals surface area contributed by atoms with Crippen LogP contribution in [0.2, 0.25) is 0 Å². The molecule has 150 valence electrons. The molecule has 0 aromatic heterocycles. The molecule has 0 atom stereocenters. The fraction of sp³-hybridized carbons (Fsp3) is 0. The van der Waals surface area contributed by atoms with Crippen LogP contribution in [0.15, 0.2) is 133 Å². The summed E-state index contributed by atoms with van der Waals surface area (Å²) in [6, 6.07) is 48.0. The Balaban J connectivity index is 1.56. The minimum atomic E-state index is 1.24. The first kappa shape index (κ1) is 18.6. The van der Waals surface area contributed by atoms with Gasteiger partial charge in [-0.3, -0.25) is 0 Å². The van der Waals surface area contributed by atoms with Gasteiger partial charge in [0.25, 0.3) is 0 Å². The second kappa shape index (κ2) is 7.83. The Morgan fingerprint density at radius 2 is 0.781 bits per heavy atom. The Hall–Kier alpha value is -4.16. The minimum absolute atomic E-state index is 1.24. The van der Waals surface area contributed by atoms with Crippen molar-refractivity contribution in [1.82, 2.24) is 0 Å². The molecule has 0 saturated carbocycles. The van der Waals surface area contributed by atoms with Gasteiger partial charge in [-0.05, 0) is 67.1 Å². The summed E-state index contributed by atoms with van der Waals surface area (Å²) in [6.07, 6.45) is 0. The van der Waals surface area contributed by atoms with Crippen molar-refractivity contribution in [2.45, 2.75) is 0 Å². The largest absolute Gasteiger partial charge is 0.0622 e. The van der Waals surface area contributed by atoms with Crippen molar-refractivity contribution < 1.29 is 0 Å². The highest BCUT2D eigenvalue weighted by molar-refractivity contribution is 6.13. The Morgan fingerprint density at radius 3 is 1.50 bits per heavy atom. The van der Waals surface area contributed by atoms with E-state index in [0.29, 0.717) is 0 Å². The van der Waals surface area contributed by atoms with E-state index in [9.17, 15) is 0 Å². The van der Waals surface area contributed by atoms with Gasteiger partial charge in [-0.15, -0.1) is 0 Å². The predicted molar refractivity (Wildman–Crippen MR) is 138 cm³/mol. The third-order valence-electron chi connectivity index (χ3n) is 6.25. The molecule has 0 N–H and O–H groups in total. The first-order valence-electron chi connectivity index (χ1n) is 11.0. The van der Waals surface area contributed by atoms with E-state index < -0.39 is 0 Å². The molecular formula is C32H22. The summed E-state index contributed by atoms with van der Waals surface area (Å²) in [5.74, 6) is 0. The van der Waals surface area contributed by atoms with Crippen molar-refractivity contribution in [2.24, 2.45) is 0 Å². The molecule has 0 aliphatic rings. The van der Waals surface area contributed by atoms with Gasteiger partial charge < -0.3 is 0 Å². The third kappa shape index (κ3) is 3.27. The van der Waals surface area contributed by atoms with E-state index in [2.05, 4.69) is 133 Å². The average molecular weight is 407 g/mol. The van der Waals surface area contributed by atoms with Crippen LogP contribution >= 0.6 is 0 Å². The van der Waals surface area contributed by atoms with Crippen LogP contribution in [0.4, 0.5) is 0 Å².